The van der Waals surface area contributed by atoms with Gasteiger partial charge in [-0.2, -0.15) is 21.4 Å². The maximum Gasteiger partial charge on any atom is 0.373 e. The van der Waals surface area contributed by atoms with Crippen molar-refractivity contribution < 1.29 is 34.2 Å². The van der Waals surface area contributed by atoms with E-state index in [2.05, 4.69) is 10.6 Å². The van der Waals surface area contributed by atoms with Crippen LogP contribution in [0.3, 0.4) is 0 Å². The normalized spacial score (nSPS) is 11.9. The smallest absolute Gasteiger partial charge is 0.373 e. The van der Waals surface area contributed by atoms with Gasteiger partial charge in [-0.3, -0.25) is 4.79 Å². The molecule has 0 saturated carbocycles. The molecule has 2 atom stereocenters. The van der Waals surface area contributed by atoms with Crippen molar-refractivity contribution in [2.45, 2.75) is 38.3 Å². The summed E-state index contributed by atoms with van der Waals surface area (Å²) in [5.41, 5.74) is 0. The molecule has 0 fully saturated rings. The molecule has 126 valence electrons. The Hall–Kier alpha value is -2.06. The largest absolute Gasteiger partial charge is 0.481 e. The predicted molar refractivity (Wildman–Crippen MR) is 77.4 cm³/mol. The summed E-state index contributed by atoms with van der Waals surface area (Å²) >= 11 is 1.66. The Bertz CT molecular complexity index is 397. The van der Waals surface area contributed by atoms with Crippen LogP contribution in [-0.4, -0.2) is 58.4 Å². The average Bonchev–Trinajstić information content (AvgIpc) is 2.41. The van der Waals surface area contributed by atoms with Crippen LogP contribution in [0.4, 0.5) is 4.79 Å². The molecule has 0 aliphatic rings. The Morgan fingerprint density at radius 2 is 1.68 bits per heavy atom. The van der Waals surface area contributed by atoms with Crippen molar-refractivity contribution in [1.29, 1.82) is 0 Å². The molecule has 0 rings (SSSR count). The Kier molecular flexibility index (Phi) is 14.0. The molecule has 9 nitrogen and oxygen atoms in total. The molecule has 0 bridgehead atoms. The number of carbonyl (C=O) groups is 3. The average molecular weight is 335 g/mol. The summed E-state index contributed by atoms with van der Waals surface area (Å²) in [6.07, 6.45) is 2.54. The van der Waals surface area contributed by atoms with Gasteiger partial charge >= 0.3 is 24.1 Å². The number of carbonyl (C=O) groups excluding carboxylic acids is 3. The van der Waals surface area contributed by atoms with E-state index in [9.17, 15) is 14.4 Å². The summed E-state index contributed by atoms with van der Waals surface area (Å²) in [7, 11) is 0. The van der Waals surface area contributed by atoms with Gasteiger partial charge in [0, 0.05) is 12.5 Å². The number of carboxylic acid groups (broad SMARTS) is 2. The summed E-state index contributed by atoms with van der Waals surface area (Å²) in [4.78, 5) is 49.0. The predicted octanol–water partition coefficient (Wildman–Crippen LogP) is 0.162. The minimum Gasteiger partial charge on any atom is -0.481 e. The zero-order valence-corrected chi connectivity index (χ0v) is 13.1. The van der Waals surface area contributed by atoms with E-state index in [4.69, 9.17) is 19.8 Å². The SMILES string of the molecule is C[C@H](CCS[11CH3])NC(=O)N[C@@H](CCC(=O)O)C(=O)O.O=C=O. The second-order valence-corrected chi connectivity index (χ2v) is 5.19. The number of thioether (sulfide) groups is 1. The van der Waals surface area contributed by atoms with Crippen LogP contribution in [0.15, 0.2) is 0 Å². The monoisotopic (exact) mass is 335 g/mol. The quantitative estimate of drug-likeness (QED) is 0.465. The summed E-state index contributed by atoms with van der Waals surface area (Å²) in [6.45, 7) is 1.82. The first-order chi connectivity index (χ1) is 10.3. The fourth-order valence-electron chi connectivity index (χ4n) is 1.32. The third-order valence-corrected chi connectivity index (χ3v) is 3.03. The highest BCUT2D eigenvalue weighted by Crippen LogP contribution is 2.01. The lowest BCUT2D eigenvalue weighted by atomic mass is 10.1. The van der Waals surface area contributed by atoms with E-state index in [1.54, 1.807) is 11.8 Å². The standard InChI is InChI=1S/C11H20N2O5S.CO2/c1-7(5-6-19-2)12-11(18)13-8(10(16)17)3-4-9(14)15;2-1-3/h7-8H,3-6H2,1-2H3,(H,14,15)(H,16,17)(H2,12,13,18);/t7-,8+;/m1./s1/i2-1;. The van der Waals surface area contributed by atoms with Crippen LogP contribution >= 0.6 is 11.8 Å². The number of carboxylic acids is 2. The van der Waals surface area contributed by atoms with Crippen molar-refractivity contribution in [3.8, 4) is 0 Å². The minimum atomic E-state index is -1.24. The molecule has 0 spiro atoms. The lowest BCUT2D eigenvalue weighted by Crippen LogP contribution is -2.48. The zero-order chi connectivity index (χ0) is 17.5. The van der Waals surface area contributed by atoms with Gasteiger partial charge in [0.05, 0.1) is 0 Å². The van der Waals surface area contributed by atoms with Crippen LogP contribution < -0.4 is 10.6 Å². The van der Waals surface area contributed by atoms with E-state index in [1.165, 1.54) is 0 Å². The Labute approximate surface area is 131 Å². The van der Waals surface area contributed by atoms with Crippen LogP contribution in [0.1, 0.15) is 26.2 Å². The van der Waals surface area contributed by atoms with Crippen LogP contribution in [0.5, 0.6) is 0 Å². The first-order valence-corrected chi connectivity index (χ1v) is 7.67. The van der Waals surface area contributed by atoms with Gasteiger partial charge in [-0.25, -0.2) is 9.59 Å². The minimum absolute atomic E-state index is 0.0682. The molecule has 22 heavy (non-hydrogen) atoms. The Morgan fingerprint density at radius 3 is 2.09 bits per heavy atom. The van der Waals surface area contributed by atoms with Gasteiger partial charge in [0.1, 0.15) is 6.04 Å². The number of rotatable bonds is 9. The van der Waals surface area contributed by atoms with Gasteiger partial charge in [-0.15, -0.1) is 0 Å². The molecule has 2 amide bonds. The molecule has 0 aliphatic carbocycles. The fraction of sp³-hybridized carbons (Fsp3) is 0.667. The summed E-state index contributed by atoms with van der Waals surface area (Å²) in [5.74, 6) is -1.45. The number of hydrogen-bond acceptors (Lipinski definition) is 6. The zero-order valence-electron chi connectivity index (χ0n) is 12.3. The van der Waals surface area contributed by atoms with Crippen molar-refractivity contribution in [2.24, 2.45) is 0 Å². The van der Waals surface area contributed by atoms with E-state index in [0.29, 0.717) is 0 Å². The Balaban J connectivity index is 0. The summed E-state index contributed by atoms with van der Waals surface area (Å²) in [6, 6.07) is -1.85. The number of urea groups is 1. The van der Waals surface area contributed by atoms with E-state index in [-0.39, 0.29) is 25.0 Å². The first-order valence-electron chi connectivity index (χ1n) is 6.28. The molecule has 0 saturated heterocycles. The van der Waals surface area contributed by atoms with Crippen molar-refractivity contribution in [1.82, 2.24) is 10.6 Å². The molecule has 0 aromatic carbocycles. The molecule has 0 heterocycles. The highest BCUT2D eigenvalue weighted by Gasteiger charge is 2.21. The topological polar surface area (TPSA) is 150 Å². The lowest BCUT2D eigenvalue weighted by molar-refractivity contribution is -0.191. The van der Waals surface area contributed by atoms with Gasteiger partial charge in [0.25, 0.3) is 0 Å². The molecule has 0 aliphatic heterocycles. The highest BCUT2D eigenvalue weighted by molar-refractivity contribution is 7.98. The molecule has 0 aromatic heterocycles. The maximum atomic E-state index is 11.5. The second kappa shape index (κ2) is 13.9. The van der Waals surface area contributed by atoms with E-state index in [0.717, 1.165) is 12.2 Å². The molecule has 0 aromatic rings. The van der Waals surface area contributed by atoms with E-state index >= 15 is 0 Å². The van der Waals surface area contributed by atoms with Crippen LogP contribution in [0, 0.1) is 0 Å². The van der Waals surface area contributed by atoms with Gasteiger partial charge in [0.15, 0.2) is 0 Å². The molecule has 0 radical (unpaired) electrons. The second-order valence-electron chi connectivity index (χ2n) is 4.21. The number of aliphatic carboxylic acids is 2. The molecular formula is C12H20N2O7S. The lowest BCUT2D eigenvalue weighted by Gasteiger charge is -2.17. The third-order valence-electron chi connectivity index (χ3n) is 2.38. The van der Waals surface area contributed by atoms with E-state index in [1.807, 2.05) is 13.2 Å². The molecule has 0 unspecified atom stereocenters. The van der Waals surface area contributed by atoms with Crippen LogP contribution in [-0.2, 0) is 19.2 Å². The summed E-state index contributed by atoms with van der Waals surface area (Å²) < 4.78 is 0. The first kappa shape index (κ1) is 22.2. The van der Waals surface area contributed by atoms with Gasteiger partial charge in [0.2, 0.25) is 0 Å². The Morgan fingerprint density at radius 1 is 1.14 bits per heavy atom. The number of hydrogen-bond donors (Lipinski definition) is 4. The van der Waals surface area contributed by atoms with Crippen molar-refractivity contribution >= 4 is 35.9 Å². The number of nitrogens with one attached hydrogen (secondary N) is 2. The fourth-order valence-corrected chi connectivity index (χ4v) is 1.90. The van der Waals surface area contributed by atoms with Gasteiger partial charge < -0.3 is 20.8 Å². The van der Waals surface area contributed by atoms with Gasteiger partial charge in [-0.1, -0.05) is 0 Å². The van der Waals surface area contributed by atoms with Crippen molar-refractivity contribution in [3.05, 3.63) is 0 Å². The molecular weight excluding hydrogens is 315 g/mol. The summed E-state index contributed by atoms with van der Waals surface area (Å²) in [5, 5.41) is 22.2. The van der Waals surface area contributed by atoms with Crippen LogP contribution in [0.25, 0.3) is 0 Å². The van der Waals surface area contributed by atoms with Crippen molar-refractivity contribution in [3.63, 3.8) is 0 Å². The van der Waals surface area contributed by atoms with Crippen LogP contribution in [0.2, 0.25) is 0 Å². The maximum absolute atomic E-state index is 11.5. The van der Waals surface area contributed by atoms with Gasteiger partial charge in [-0.05, 0) is 31.8 Å². The van der Waals surface area contributed by atoms with Crippen molar-refractivity contribution in [2.75, 3.05) is 12.0 Å². The van der Waals surface area contributed by atoms with E-state index < -0.39 is 24.0 Å². The molecule has 4 N–H and O–H groups in total. The molecule has 10 heteroatoms. The highest BCUT2D eigenvalue weighted by atomic mass is 32.2. The third kappa shape index (κ3) is 14.4. The number of amides is 2.